The normalized spacial score (nSPS) is 32.5. The molecule has 1 aromatic heterocycles. The van der Waals surface area contributed by atoms with E-state index in [1.165, 1.54) is 21.8 Å². The van der Waals surface area contributed by atoms with Crippen LogP contribution in [0.15, 0.2) is 64.4 Å². The van der Waals surface area contributed by atoms with Crippen molar-refractivity contribution in [2.75, 3.05) is 23.9 Å². The van der Waals surface area contributed by atoms with Crippen LogP contribution in [-0.4, -0.2) is 36.1 Å². The summed E-state index contributed by atoms with van der Waals surface area (Å²) in [6.07, 6.45) is 0.906. The number of carbonyl (C=O) groups is 2. The van der Waals surface area contributed by atoms with E-state index in [4.69, 9.17) is 0 Å². The smallest absolute Gasteiger partial charge is 0.305 e. The van der Waals surface area contributed by atoms with Gasteiger partial charge in [-0.25, -0.2) is 0 Å². The molecule has 3 heterocycles. The Kier molecular flexibility index (Phi) is 4.64. The fourth-order valence-electron chi connectivity index (χ4n) is 7.20. The molecule has 178 valence electrons. The van der Waals surface area contributed by atoms with Crippen LogP contribution in [-0.2, 0) is 9.59 Å². The van der Waals surface area contributed by atoms with Crippen LogP contribution >= 0.6 is 23.1 Å². The Morgan fingerprint density at radius 2 is 1.60 bits per heavy atom. The lowest BCUT2D eigenvalue weighted by atomic mass is 9.68. The summed E-state index contributed by atoms with van der Waals surface area (Å²) in [5.74, 6) is -0.0580. The number of fused-ring (bicyclic) bond motifs is 9. The lowest BCUT2D eigenvalue weighted by Crippen LogP contribution is -2.42. The van der Waals surface area contributed by atoms with E-state index in [0.717, 1.165) is 22.0 Å². The highest BCUT2D eigenvalue weighted by molar-refractivity contribution is 8.00. The molecule has 2 bridgehead atoms. The molecular weight excluding hydrogens is 478 g/mol. The fraction of sp³-hybridized carbons (Fsp3) is 0.370. The average Bonchev–Trinajstić information content (AvgIpc) is 3.58. The van der Waals surface area contributed by atoms with Gasteiger partial charge in [0, 0.05) is 35.8 Å². The van der Waals surface area contributed by atoms with Crippen LogP contribution in [0.5, 0.6) is 0 Å². The van der Waals surface area contributed by atoms with Crippen LogP contribution in [0.3, 0.4) is 0 Å². The maximum absolute atomic E-state index is 13.7. The zero-order valence-electron chi connectivity index (χ0n) is 19.4. The maximum Gasteiger partial charge on any atom is 0.305 e. The molecule has 5 unspecified atom stereocenters. The zero-order valence-corrected chi connectivity index (χ0v) is 21.0. The van der Waals surface area contributed by atoms with Crippen molar-refractivity contribution < 1.29 is 9.59 Å². The molecule has 3 fully saturated rings. The summed E-state index contributed by atoms with van der Waals surface area (Å²) in [7, 11) is 4.05. The molecule has 7 rings (SSSR count). The molecule has 0 radical (unpaired) electrons. The molecule has 7 atom stereocenters. The van der Waals surface area contributed by atoms with E-state index in [1.54, 1.807) is 11.8 Å². The average molecular weight is 504 g/mol. The number of nitrogens with one attached hydrogen (secondary N) is 1. The van der Waals surface area contributed by atoms with E-state index in [1.807, 2.05) is 44.4 Å². The lowest BCUT2D eigenvalue weighted by Gasteiger charge is -2.43. The number of para-hydroxylation sites is 1. The van der Waals surface area contributed by atoms with Gasteiger partial charge in [-0.3, -0.25) is 19.3 Å². The molecule has 2 amide bonds. The van der Waals surface area contributed by atoms with Crippen LogP contribution in [0.25, 0.3) is 0 Å². The van der Waals surface area contributed by atoms with E-state index >= 15 is 0 Å². The third-order valence-corrected chi connectivity index (χ3v) is 11.1. The predicted octanol–water partition coefficient (Wildman–Crippen LogP) is 4.18. The second-order valence-electron chi connectivity index (χ2n) is 10.3. The van der Waals surface area contributed by atoms with Gasteiger partial charge < -0.3 is 9.88 Å². The van der Waals surface area contributed by atoms with Gasteiger partial charge in [0.15, 0.2) is 0 Å². The Balaban J connectivity index is 1.32. The fourth-order valence-corrected chi connectivity index (χ4v) is 10.1. The van der Waals surface area contributed by atoms with Crippen LogP contribution in [0.4, 0.5) is 11.4 Å². The third-order valence-electron chi connectivity index (χ3n) is 8.51. The summed E-state index contributed by atoms with van der Waals surface area (Å²) in [5, 5.41) is 1.16. The number of H-pyrrole nitrogens is 1. The highest BCUT2D eigenvalue weighted by Gasteiger charge is 2.69. The Bertz CT molecular complexity index is 1400. The van der Waals surface area contributed by atoms with Gasteiger partial charge in [0.2, 0.25) is 11.8 Å². The number of anilines is 2. The van der Waals surface area contributed by atoms with Crippen molar-refractivity contribution in [3.8, 4) is 0 Å². The Hall–Kier alpha value is -2.84. The van der Waals surface area contributed by atoms with Gasteiger partial charge in [-0.15, -0.1) is 11.8 Å². The topological polar surface area (TPSA) is 73.5 Å². The second-order valence-corrected chi connectivity index (χ2v) is 12.5. The molecule has 2 aliphatic carbocycles. The van der Waals surface area contributed by atoms with E-state index in [-0.39, 0.29) is 57.4 Å². The molecule has 3 aromatic rings. The van der Waals surface area contributed by atoms with Crippen LogP contribution in [0.1, 0.15) is 22.8 Å². The number of aromatic nitrogens is 1. The molecule has 8 heteroatoms. The van der Waals surface area contributed by atoms with E-state index in [2.05, 4.69) is 34.1 Å². The van der Waals surface area contributed by atoms with E-state index in [0.29, 0.717) is 5.69 Å². The van der Waals surface area contributed by atoms with Crippen LogP contribution < -0.4 is 14.7 Å². The number of hydrogen-bond donors (Lipinski definition) is 1. The van der Waals surface area contributed by atoms with Gasteiger partial charge in [-0.1, -0.05) is 41.7 Å². The largest absolute Gasteiger partial charge is 0.378 e. The number of hydrogen-bond acceptors (Lipinski definition) is 6. The van der Waals surface area contributed by atoms with Crippen molar-refractivity contribution in [3.05, 3.63) is 74.7 Å². The SMILES string of the molecule is CN(C)c1ccc(C2c3sc(=O)[nH]c3SC3C2[C@H]2C[C@@H]3C3C(=O)N(c4ccccc4)C(=O)C32)cc1. The monoisotopic (exact) mass is 503 g/mol. The number of nitrogens with zero attached hydrogens (tertiary/aromatic N) is 2. The molecule has 2 aromatic carbocycles. The summed E-state index contributed by atoms with van der Waals surface area (Å²) < 4.78 is 0. The van der Waals surface area contributed by atoms with Crippen molar-refractivity contribution in [1.82, 2.24) is 4.98 Å². The molecule has 4 aliphatic rings. The van der Waals surface area contributed by atoms with Crippen LogP contribution in [0, 0.1) is 29.6 Å². The minimum absolute atomic E-state index is 0.0349. The van der Waals surface area contributed by atoms with Gasteiger partial charge in [-0.05, 0) is 54.0 Å². The summed E-state index contributed by atoms with van der Waals surface area (Å²) in [5.41, 5.74) is 2.98. The predicted molar refractivity (Wildman–Crippen MR) is 138 cm³/mol. The van der Waals surface area contributed by atoms with Crippen LogP contribution in [0.2, 0.25) is 0 Å². The summed E-state index contributed by atoms with van der Waals surface area (Å²) in [6.45, 7) is 0. The number of aromatic amines is 1. The first-order chi connectivity index (χ1) is 16.9. The van der Waals surface area contributed by atoms with Gasteiger partial charge in [0.1, 0.15) is 0 Å². The number of thioether (sulfide) groups is 1. The van der Waals surface area contributed by atoms with Gasteiger partial charge >= 0.3 is 4.87 Å². The summed E-state index contributed by atoms with van der Waals surface area (Å²) in [6, 6.07) is 17.9. The number of imide groups is 1. The molecule has 35 heavy (non-hydrogen) atoms. The molecule has 0 spiro atoms. The van der Waals surface area contributed by atoms with Crippen molar-refractivity contribution in [2.45, 2.75) is 22.6 Å². The van der Waals surface area contributed by atoms with Crippen molar-refractivity contribution in [3.63, 3.8) is 0 Å². The molecule has 2 aliphatic heterocycles. The second kappa shape index (κ2) is 7.58. The highest BCUT2D eigenvalue weighted by atomic mass is 32.2. The minimum Gasteiger partial charge on any atom is -0.378 e. The number of carbonyl (C=O) groups excluding carboxylic acids is 2. The van der Waals surface area contributed by atoms with Crippen molar-refractivity contribution >= 4 is 46.3 Å². The van der Waals surface area contributed by atoms with E-state index in [9.17, 15) is 14.4 Å². The van der Waals surface area contributed by atoms with Gasteiger partial charge in [0.25, 0.3) is 0 Å². The number of thiazole rings is 1. The standard InChI is InChI=1S/C27H25N3O3S2/c1-29(2)14-10-8-13(9-11-14)18-19-16-12-17(22(19)34-24-23(18)35-27(33)28-24)21-20(16)25(31)30(26(21)32)15-6-4-3-5-7-15/h3-11,16-22H,12H2,1-2H3,(H,28,33)/t16-,17-,18?,19?,20?,21?,22?/m1/s1. The Labute approximate surface area is 211 Å². The Morgan fingerprint density at radius 1 is 0.914 bits per heavy atom. The van der Waals surface area contributed by atoms with Crippen molar-refractivity contribution in [1.29, 1.82) is 0 Å². The molecule has 6 nitrogen and oxygen atoms in total. The third kappa shape index (κ3) is 2.93. The first-order valence-corrected chi connectivity index (χ1v) is 13.7. The van der Waals surface area contributed by atoms with E-state index < -0.39 is 0 Å². The van der Waals surface area contributed by atoms with Crippen molar-refractivity contribution in [2.24, 2.45) is 29.6 Å². The summed E-state index contributed by atoms with van der Waals surface area (Å²) in [4.78, 5) is 47.3. The lowest BCUT2D eigenvalue weighted by molar-refractivity contribution is -0.123. The molecule has 1 N–H and O–H groups in total. The first kappa shape index (κ1) is 21.4. The van der Waals surface area contributed by atoms with Gasteiger partial charge in [-0.2, -0.15) is 0 Å². The molecular formula is C27H25N3O3S2. The Morgan fingerprint density at radius 3 is 2.29 bits per heavy atom. The number of benzene rings is 2. The molecule has 1 saturated heterocycles. The first-order valence-electron chi connectivity index (χ1n) is 12.0. The number of amides is 2. The number of rotatable bonds is 3. The highest BCUT2D eigenvalue weighted by Crippen LogP contribution is 2.68. The zero-order chi connectivity index (χ0) is 24.0. The maximum atomic E-state index is 13.7. The molecule has 2 saturated carbocycles. The quantitative estimate of drug-likeness (QED) is 0.543. The van der Waals surface area contributed by atoms with Gasteiger partial charge in [0.05, 0.1) is 22.5 Å². The minimum atomic E-state index is -0.268. The summed E-state index contributed by atoms with van der Waals surface area (Å²) >= 11 is 3.03.